The molecule has 1 saturated heterocycles. The lowest BCUT2D eigenvalue weighted by Crippen LogP contribution is -2.45. The highest BCUT2D eigenvalue weighted by atomic mass is 35.5. The van der Waals surface area contributed by atoms with E-state index in [9.17, 15) is 0 Å². The van der Waals surface area contributed by atoms with Crippen LogP contribution in [0.2, 0.25) is 5.02 Å². The van der Waals surface area contributed by atoms with Gasteiger partial charge >= 0.3 is 0 Å². The van der Waals surface area contributed by atoms with Crippen LogP contribution in [-0.4, -0.2) is 70.0 Å². The molecule has 0 N–H and O–H groups in total. The highest BCUT2D eigenvalue weighted by molar-refractivity contribution is 7.99. The molecule has 0 saturated carbocycles. The van der Waals surface area contributed by atoms with E-state index in [4.69, 9.17) is 21.1 Å². The molecule has 0 unspecified atom stereocenters. The molecule has 0 spiro atoms. The Balaban J connectivity index is 1.53. The Labute approximate surface area is 182 Å². The van der Waals surface area contributed by atoms with Gasteiger partial charge in [0.2, 0.25) is 0 Å². The average molecular weight is 434 g/mol. The summed E-state index contributed by atoms with van der Waals surface area (Å²) in [5, 5.41) is 0.767. The van der Waals surface area contributed by atoms with Gasteiger partial charge in [0.25, 0.3) is 0 Å². The summed E-state index contributed by atoms with van der Waals surface area (Å²) in [6.07, 6.45) is 1.10. The van der Waals surface area contributed by atoms with E-state index in [1.807, 2.05) is 12.1 Å². The predicted octanol–water partition coefficient (Wildman–Crippen LogP) is 4.56. The van der Waals surface area contributed by atoms with Crippen LogP contribution in [0.5, 0.6) is 5.75 Å². The molecule has 2 aromatic rings. The molecule has 0 radical (unpaired) electrons. The number of piperazine rings is 1. The number of rotatable bonds is 7. The molecule has 0 bridgehead atoms. The molecule has 2 aromatic carbocycles. The summed E-state index contributed by atoms with van der Waals surface area (Å²) in [4.78, 5) is 9.84. The van der Waals surface area contributed by atoms with Gasteiger partial charge in [-0.05, 0) is 50.3 Å². The minimum atomic E-state index is 0.248. The first-order chi connectivity index (χ1) is 14.1. The molecule has 0 aliphatic carbocycles. The maximum absolute atomic E-state index is 6.35. The van der Waals surface area contributed by atoms with E-state index in [2.05, 4.69) is 46.0 Å². The third-order valence-electron chi connectivity index (χ3n) is 5.45. The van der Waals surface area contributed by atoms with Gasteiger partial charge in [-0.1, -0.05) is 23.4 Å². The van der Waals surface area contributed by atoms with Gasteiger partial charge in [-0.25, -0.2) is 0 Å². The summed E-state index contributed by atoms with van der Waals surface area (Å²) < 4.78 is 10.8. The van der Waals surface area contributed by atoms with Crippen LogP contribution in [0, 0.1) is 0 Å². The van der Waals surface area contributed by atoms with Gasteiger partial charge in [-0.2, -0.15) is 0 Å². The van der Waals surface area contributed by atoms with Crippen LogP contribution in [0.1, 0.15) is 6.42 Å². The number of hydrogen-bond acceptors (Lipinski definition) is 6. The molecule has 29 heavy (non-hydrogen) atoms. The van der Waals surface area contributed by atoms with E-state index in [1.165, 1.54) is 21.2 Å². The molecule has 0 amide bonds. The van der Waals surface area contributed by atoms with Crippen LogP contribution >= 0.6 is 23.4 Å². The highest BCUT2D eigenvalue weighted by Crippen LogP contribution is 2.49. The number of likely N-dealkylation sites (N-methyl/N-ethyl adjacent to an activating group) is 1. The fourth-order valence-electron chi connectivity index (χ4n) is 3.81. The molecule has 5 nitrogen and oxygen atoms in total. The number of halogens is 1. The molecule has 0 atom stereocenters. The van der Waals surface area contributed by atoms with Crippen molar-refractivity contribution in [1.29, 1.82) is 0 Å². The first-order valence-corrected chi connectivity index (χ1v) is 11.2. The van der Waals surface area contributed by atoms with Crippen molar-refractivity contribution in [3.05, 3.63) is 41.4 Å². The third-order valence-corrected chi connectivity index (χ3v) is 6.81. The zero-order valence-corrected chi connectivity index (χ0v) is 18.6. The zero-order valence-electron chi connectivity index (χ0n) is 17.1. The summed E-state index contributed by atoms with van der Waals surface area (Å²) in [7, 11) is 3.83. The quantitative estimate of drug-likeness (QED) is 0.594. The summed E-state index contributed by atoms with van der Waals surface area (Å²) in [6, 6.07) is 12.4. The fourth-order valence-corrected chi connectivity index (χ4v) is 5.03. The van der Waals surface area contributed by atoms with Crippen LogP contribution in [-0.2, 0) is 4.74 Å². The highest BCUT2D eigenvalue weighted by Gasteiger charge is 2.24. The largest absolute Gasteiger partial charge is 0.467 e. The van der Waals surface area contributed by atoms with Crippen LogP contribution in [0.25, 0.3) is 0 Å². The van der Waals surface area contributed by atoms with Gasteiger partial charge in [0.15, 0.2) is 6.79 Å². The zero-order chi connectivity index (χ0) is 20.2. The van der Waals surface area contributed by atoms with E-state index in [1.54, 1.807) is 18.9 Å². The SMILES string of the molecule is COCOc1ccc2c(c1)N(CCCN1CCN(C)CC1)c1cc(Cl)ccc1S2. The van der Waals surface area contributed by atoms with E-state index in [-0.39, 0.29) is 6.79 Å². The second-order valence-electron chi connectivity index (χ2n) is 7.54. The number of anilines is 2. The first kappa shape index (κ1) is 20.8. The standard InChI is InChI=1S/C22H28ClN3O2S/c1-24-10-12-25(13-11-24)8-3-9-26-19-14-17(23)4-6-21(19)29-22-7-5-18(15-20(22)26)28-16-27-2/h4-7,14-15H,3,8-13,16H2,1-2H3. The van der Waals surface area contributed by atoms with Gasteiger partial charge in [-0.15, -0.1) is 0 Å². The second-order valence-corrected chi connectivity index (χ2v) is 9.06. The Hall–Kier alpha value is -1.44. The maximum atomic E-state index is 6.35. The number of fused-ring (bicyclic) bond motifs is 2. The lowest BCUT2D eigenvalue weighted by molar-refractivity contribution is 0.0511. The first-order valence-electron chi connectivity index (χ1n) is 10.1. The lowest BCUT2D eigenvalue weighted by atomic mass is 10.2. The van der Waals surface area contributed by atoms with Crippen molar-refractivity contribution in [2.24, 2.45) is 0 Å². The third kappa shape index (κ3) is 5.01. The van der Waals surface area contributed by atoms with Crippen molar-refractivity contribution in [3.8, 4) is 5.75 Å². The number of hydrogen-bond donors (Lipinski definition) is 0. The molecule has 156 valence electrons. The van der Waals surface area contributed by atoms with Gasteiger partial charge < -0.3 is 24.2 Å². The summed E-state index contributed by atoms with van der Waals surface area (Å²) >= 11 is 8.13. The predicted molar refractivity (Wildman–Crippen MR) is 120 cm³/mol. The molecule has 2 aliphatic rings. The van der Waals surface area contributed by atoms with E-state index in [0.29, 0.717) is 0 Å². The van der Waals surface area contributed by atoms with Gasteiger partial charge in [0, 0.05) is 60.7 Å². The normalized spacial score (nSPS) is 17.1. The smallest absolute Gasteiger partial charge is 0.188 e. The van der Waals surface area contributed by atoms with Crippen molar-refractivity contribution in [3.63, 3.8) is 0 Å². The van der Waals surface area contributed by atoms with E-state index < -0.39 is 0 Å². The lowest BCUT2D eigenvalue weighted by Gasteiger charge is -2.35. The number of methoxy groups -OCH3 is 1. The Kier molecular flexibility index (Phi) is 6.88. The van der Waals surface area contributed by atoms with Crippen molar-refractivity contribution in [1.82, 2.24) is 9.80 Å². The maximum Gasteiger partial charge on any atom is 0.188 e. The molecule has 0 aromatic heterocycles. The second kappa shape index (κ2) is 9.58. The van der Waals surface area contributed by atoms with Crippen molar-refractivity contribution >= 4 is 34.7 Å². The van der Waals surface area contributed by atoms with Crippen LogP contribution in [0.4, 0.5) is 11.4 Å². The van der Waals surface area contributed by atoms with Crippen molar-refractivity contribution < 1.29 is 9.47 Å². The molecular weight excluding hydrogens is 406 g/mol. The molecule has 2 heterocycles. The Morgan fingerprint density at radius 3 is 2.45 bits per heavy atom. The van der Waals surface area contributed by atoms with Gasteiger partial charge in [0.05, 0.1) is 11.4 Å². The van der Waals surface area contributed by atoms with Crippen molar-refractivity contribution in [2.75, 3.05) is 65.1 Å². The number of benzene rings is 2. The summed E-state index contributed by atoms with van der Waals surface area (Å²) in [6.45, 7) is 6.92. The summed E-state index contributed by atoms with van der Waals surface area (Å²) in [5.41, 5.74) is 2.36. The van der Waals surface area contributed by atoms with Crippen LogP contribution < -0.4 is 9.64 Å². The topological polar surface area (TPSA) is 28.2 Å². The van der Waals surface area contributed by atoms with Gasteiger partial charge in [-0.3, -0.25) is 0 Å². The number of nitrogens with zero attached hydrogens (tertiary/aromatic N) is 3. The van der Waals surface area contributed by atoms with Crippen LogP contribution in [0.15, 0.2) is 46.2 Å². The molecular formula is C22H28ClN3O2S. The van der Waals surface area contributed by atoms with E-state index >= 15 is 0 Å². The molecule has 4 rings (SSSR count). The Morgan fingerprint density at radius 1 is 0.966 bits per heavy atom. The summed E-state index contributed by atoms with van der Waals surface area (Å²) in [5.74, 6) is 0.820. The molecule has 1 fully saturated rings. The average Bonchev–Trinajstić information content (AvgIpc) is 2.73. The minimum absolute atomic E-state index is 0.248. The van der Waals surface area contributed by atoms with E-state index in [0.717, 1.165) is 56.5 Å². The van der Waals surface area contributed by atoms with Crippen LogP contribution in [0.3, 0.4) is 0 Å². The van der Waals surface area contributed by atoms with Crippen molar-refractivity contribution in [2.45, 2.75) is 16.2 Å². The van der Waals surface area contributed by atoms with Gasteiger partial charge in [0.1, 0.15) is 5.75 Å². The fraction of sp³-hybridized carbons (Fsp3) is 0.455. The monoisotopic (exact) mass is 433 g/mol. The Morgan fingerprint density at radius 2 is 1.69 bits per heavy atom. The minimum Gasteiger partial charge on any atom is -0.467 e. The molecule has 2 aliphatic heterocycles. The Bertz CT molecular complexity index is 843. The molecule has 7 heteroatoms. The number of ether oxygens (including phenoxy) is 2.